The van der Waals surface area contributed by atoms with Gasteiger partial charge in [0.1, 0.15) is 29.8 Å². The van der Waals surface area contributed by atoms with Gasteiger partial charge in [-0.1, -0.05) is 12.1 Å². The molecule has 3 N–H and O–H groups in total. The van der Waals surface area contributed by atoms with Crippen molar-refractivity contribution in [3.05, 3.63) is 58.7 Å². The van der Waals surface area contributed by atoms with Crippen LogP contribution in [0.1, 0.15) is 36.1 Å². The molecule has 2 aliphatic rings. The predicted octanol–water partition coefficient (Wildman–Crippen LogP) is 1.87. The summed E-state index contributed by atoms with van der Waals surface area (Å²) in [5, 5.41) is 31.2. The third kappa shape index (κ3) is 3.46. The third-order valence-corrected chi connectivity index (χ3v) is 5.86. The fourth-order valence-electron chi connectivity index (χ4n) is 4.24. The number of methoxy groups -OCH3 is 1. The Kier molecular flexibility index (Phi) is 5.74. The number of hydrogen-bond donors (Lipinski definition) is 3. The Bertz CT molecular complexity index is 897. The standard InChI is InChI=1S/C23H28O7/c1-4-28-17-7-5-14(6-8-17)9-15-10-18-16(11-19(15)27-3)12-29-23(18)22(26)21(25)20(24)13(2)30-23/h5-8,10-11,13,20-22,24-26H,4,9,12H2,1-3H3/t13-,20?,21+,22?,23+/m1/s1. The van der Waals surface area contributed by atoms with Crippen molar-refractivity contribution in [2.45, 2.75) is 57.1 Å². The molecule has 1 saturated heterocycles. The lowest BCUT2D eigenvalue weighted by Crippen LogP contribution is -2.62. The van der Waals surface area contributed by atoms with Crippen LogP contribution in [0.5, 0.6) is 11.5 Å². The normalized spacial score (nSPS) is 30.3. The van der Waals surface area contributed by atoms with Crippen molar-refractivity contribution in [2.75, 3.05) is 13.7 Å². The summed E-state index contributed by atoms with van der Waals surface area (Å²) in [5.74, 6) is 0.00440. The maximum atomic E-state index is 10.7. The Morgan fingerprint density at radius 1 is 1.10 bits per heavy atom. The molecule has 0 saturated carbocycles. The lowest BCUT2D eigenvalue weighted by atomic mass is 9.86. The van der Waals surface area contributed by atoms with Crippen LogP contribution >= 0.6 is 0 Å². The molecular weight excluding hydrogens is 388 g/mol. The summed E-state index contributed by atoms with van der Waals surface area (Å²) in [6.45, 7) is 4.41. The Morgan fingerprint density at radius 3 is 2.50 bits per heavy atom. The third-order valence-electron chi connectivity index (χ3n) is 5.86. The summed E-state index contributed by atoms with van der Waals surface area (Å²) in [7, 11) is 1.61. The molecule has 162 valence electrons. The van der Waals surface area contributed by atoms with Crippen LogP contribution in [0, 0.1) is 0 Å². The van der Waals surface area contributed by atoms with Crippen LogP contribution in [0.4, 0.5) is 0 Å². The molecule has 0 amide bonds. The molecular formula is C23H28O7. The van der Waals surface area contributed by atoms with Gasteiger partial charge >= 0.3 is 0 Å². The zero-order valence-corrected chi connectivity index (χ0v) is 17.4. The Hall–Kier alpha value is -2.16. The van der Waals surface area contributed by atoms with E-state index in [0.717, 1.165) is 22.4 Å². The van der Waals surface area contributed by atoms with Crippen LogP contribution in [0.15, 0.2) is 36.4 Å². The Morgan fingerprint density at radius 2 is 1.83 bits per heavy atom. The minimum atomic E-state index is -1.52. The maximum Gasteiger partial charge on any atom is 0.225 e. The molecule has 4 rings (SSSR count). The first-order valence-corrected chi connectivity index (χ1v) is 10.2. The summed E-state index contributed by atoms with van der Waals surface area (Å²) in [4.78, 5) is 0. The highest BCUT2D eigenvalue weighted by Crippen LogP contribution is 2.47. The second-order valence-electron chi connectivity index (χ2n) is 7.78. The summed E-state index contributed by atoms with van der Waals surface area (Å²) in [6, 6.07) is 11.6. The smallest absolute Gasteiger partial charge is 0.225 e. The fraction of sp³-hybridized carbons (Fsp3) is 0.478. The van der Waals surface area contributed by atoms with Gasteiger partial charge in [-0.3, -0.25) is 0 Å². The fourth-order valence-corrected chi connectivity index (χ4v) is 4.24. The van der Waals surface area contributed by atoms with E-state index < -0.39 is 30.2 Å². The number of hydrogen-bond acceptors (Lipinski definition) is 7. The van der Waals surface area contributed by atoms with E-state index in [1.807, 2.05) is 43.3 Å². The molecule has 5 atom stereocenters. The van der Waals surface area contributed by atoms with Crippen molar-refractivity contribution in [1.82, 2.24) is 0 Å². The number of benzene rings is 2. The van der Waals surface area contributed by atoms with E-state index in [-0.39, 0.29) is 6.61 Å². The molecule has 2 unspecified atom stereocenters. The SMILES string of the molecule is CCOc1ccc(Cc2cc3c(cc2OC)CO[C@]32O[C@H](C)C(O)[C@H](O)C2O)cc1. The molecule has 0 bridgehead atoms. The predicted molar refractivity (Wildman–Crippen MR) is 108 cm³/mol. The molecule has 30 heavy (non-hydrogen) atoms. The van der Waals surface area contributed by atoms with Gasteiger partial charge in [0.05, 0.1) is 26.4 Å². The zero-order valence-electron chi connectivity index (χ0n) is 17.4. The van der Waals surface area contributed by atoms with Gasteiger partial charge in [-0.2, -0.15) is 0 Å². The lowest BCUT2D eigenvalue weighted by molar-refractivity contribution is -0.362. The number of ether oxygens (including phenoxy) is 4. The monoisotopic (exact) mass is 416 g/mol. The van der Waals surface area contributed by atoms with Gasteiger partial charge in [0, 0.05) is 12.0 Å². The zero-order chi connectivity index (χ0) is 21.5. The molecule has 0 aromatic heterocycles. The summed E-state index contributed by atoms with van der Waals surface area (Å²) >= 11 is 0. The van der Waals surface area contributed by atoms with Crippen LogP contribution in [-0.4, -0.2) is 53.5 Å². The van der Waals surface area contributed by atoms with Gasteiger partial charge < -0.3 is 34.3 Å². The average Bonchev–Trinajstić information content (AvgIpc) is 3.10. The van der Waals surface area contributed by atoms with E-state index in [1.54, 1.807) is 14.0 Å². The van der Waals surface area contributed by atoms with E-state index >= 15 is 0 Å². The maximum absolute atomic E-state index is 10.7. The van der Waals surface area contributed by atoms with Crippen molar-refractivity contribution in [3.63, 3.8) is 0 Å². The Balaban J connectivity index is 1.70. The van der Waals surface area contributed by atoms with E-state index in [4.69, 9.17) is 18.9 Å². The minimum absolute atomic E-state index is 0.210. The van der Waals surface area contributed by atoms with Gasteiger partial charge in [-0.25, -0.2) is 0 Å². The topological polar surface area (TPSA) is 97.6 Å². The largest absolute Gasteiger partial charge is 0.496 e. The minimum Gasteiger partial charge on any atom is -0.496 e. The van der Waals surface area contributed by atoms with Crippen molar-refractivity contribution < 1.29 is 34.3 Å². The molecule has 2 aromatic rings. The molecule has 2 aromatic carbocycles. The Labute approximate surface area is 175 Å². The van der Waals surface area contributed by atoms with E-state index in [0.29, 0.717) is 24.3 Å². The highest BCUT2D eigenvalue weighted by atomic mass is 16.7. The quantitative estimate of drug-likeness (QED) is 0.685. The van der Waals surface area contributed by atoms with Gasteiger partial charge in [-0.15, -0.1) is 0 Å². The first kappa shape index (κ1) is 21.1. The molecule has 2 aliphatic heterocycles. The van der Waals surface area contributed by atoms with Gasteiger partial charge in [-0.05, 0) is 54.8 Å². The van der Waals surface area contributed by atoms with Crippen LogP contribution in [0.25, 0.3) is 0 Å². The highest BCUT2D eigenvalue weighted by molar-refractivity contribution is 5.49. The van der Waals surface area contributed by atoms with Crippen molar-refractivity contribution in [1.29, 1.82) is 0 Å². The van der Waals surface area contributed by atoms with Crippen molar-refractivity contribution >= 4 is 0 Å². The summed E-state index contributed by atoms with van der Waals surface area (Å²) in [5.41, 5.74) is 3.43. The lowest BCUT2D eigenvalue weighted by Gasteiger charge is -2.45. The van der Waals surface area contributed by atoms with Gasteiger partial charge in [0.2, 0.25) is 5.79 Å². The number of aliphatic hydroxyl groups is 3. The molecule has 1 spiro atoms. The van der Waals surface area contributed by atoms with Crippen LogP contribution < -0.4 is 9.47 Å². The van der Waals surface area contributed by atoms with Crippen molar-refractivity contribution in [3.8, 4) is 11.5 Å². The van der Waals surface area contributed by atoms with E-state index in [1.165, 1.54) is 0 Å². The number of rotatable bonds is 5. The first-order valence-electron chi connectivity index (χ1n) is 10.2. The van der Waals surface area contributed by atoms with Crippen LogP contribution in [0.2, 0.25) is 0 Å². The van der Waals surface area contributed by atoms with Crippen LogP contribution in [0.3, 0.4) is 0 Å². The second kappa shape index (κ2) is 8.17. The molecule has 0 radical (unpaired) electrons. The number of fused-ring (bicyclic) bond motifs is 2. The van der Waals surface area contributed by atoms with Gasteiger partial charge in [0.25, 0.3) is 0 Å². The van der Waals surface area contributed by atoms with E-state index in [9.17, 15) is 15.3 Å². The molecule has 1 fully saturated rings. The first-order chi connectivity index (χ1) is 14.4. The molecule has 2 heterocycles. The average molecular weight is 416 g/mol. The molecule has 7 nitrogen and oxygen atoms in total. The highest BCUT2D eigenvalue weighted by Gasteiger charge is 2.57. The van der Waals surface area contributed by atoms with E-state index in [2.05, 4.69) is 0 Å². The van der Waals surface area contributed by atoms with Crippen molar-refractivity contribution in [2.24, 2.45) is 0 Å². The molecule has 0 aliphatic carbocycles. The van der Waals surface area contributed by atoms with Gasteiger partial charge in [0.15, 0.2) is 0 Å². The van der Waals surface area contributed by atoms with Crippen LogP contribution in [-0.2, 0) is 28.3 Å². The molecule has 7 heteroatoms. The number of aliphatic hydroxyl groups excluding tert-OH is 3. The second-order valence-corrected chi connectivity index (χ2v) is 7.78. The summed E-state index contributed by atoms with van der Waals surface area (Å²) in [6.07, 6.45) is -4.10. The summed E-state index contributed by atoms with van der Waals surface area (Å²) < 4.78 is 22.9.